The highest BCUT2D eigenvalue weighted by Gasteiger charge is 2.40. The summed E-state index contributed by atoms with van der Waals surface area (Å²) in [6.45, 7) is 1.98. The lowest BCUT2D eigenvalue weighted by Crippen LogP contribution is -2.24. The van der Waals surface area contributed by atoms with E-state index in [1.165, 1.54) is 58.8 Å². The minimum atomic E-state index is -0.364. The zero-order valence-corrected chi connectivity index (χ0v) is 76.3. The van der Waals surface area contributed by atoms with Crippen molar-refractivity contribution >= 4 is 188 Å². The van der Waals surface area contributed by atoms with E-state index in [1.807, 2.05) is 277 Å². The Morgan fingerprint density at radius 2 is 0.476 bits per heavy atom. The van der Waals surface area contributed by atoms with Gasteiger partial charge in [0.15, 0.2) is 0 Å². The minimum Gasteiger partial charge on any atom is -0.508 e. The largest absolute Gasteiger partial charge is 0.508 e. The number of halogens is 4. The van der Waals surface area contributed by atoms with Gasteiger partial charge in [0.25, 0.3) is 0 Å². The Bertz CT molecular complexity index is 6420. The summed E-state index contributed by atoms with van der Waals surface area (Å²) in [6.07, 6.45) is 0. The number of aryl methyl sites for hydroxylation is 1. The minimum absolute atomic E-state index is 0.0661. The Morgan fingerprint density at radius 3 is 0.802 bits per heavy atom. The standard InChI is InChI=1S/C22H18ClNOS.C21H15Cl2NOS.C21H16ClNOS.C21H17NO2S.C21H17NOS/c1-14-13-15(23)11-12-20(14)26-22(25)21-16-7-3-5-9-18(16)24(2)19-10-6-4-8-17(19)21;1-24-18-5-3-2-4-16(18)20(17-12-14(23)8-11-19(17)24)21(25)26-15-9-6-13(22)7-10-15;1-23-17-11-5-2-8-14(17)20(15-9-3-6-12-18(15)23)21(24)25-19-13-7-4-10-16(19)22;1-22-18-8-4-2-6-16(18)20(17-7-3-5-9-19(17)22)21(24)25-15-12-10-14(23)11-13-15;1-22-18-13-7-5-11-16(18)20(17-12-6-8-14-19(17)22)21(23)24-15-9-3-2-4-10-15/h3-13,21H,1-2H3;2-12,20H,1H3;2-13,20H,1H3;2-13,20,23H,1H3;2-14,20H,1H3. The van der Waals surface area contributed by atoms with Gasteiger partial charge in [0, 0.05) is 132 Å². The average Bonchev–Trinajstić information content (AvgIpc) is 0.773. The van der Waals surface area contributed by atoms with Crippen LogP contribution >= 0.6 is 105 Å². The van der Waals surface area contributed by atoms with Crippen LogP contribution in [-0.4, -0.2) is 65.9 Å². The van der Waals surface area contributed by atoms with Gasteiger partial charge in [0.2, 0.25) is 25.6 Å². The van der Waals surface area contributed by atoms with Crippen LogP contribution in [0.15, 0.2) is 382 Å². The molecule has 0 aromatic heterocycles. The molecule has 1 atom stereocenters. The molecule has 0 amide bonds. The third kappa shape index (κ3) is 18.8. The number of benzene rings is 15. The first-order valence-electron chi connectivity index (χ1n) is 40.6. The molecule has 126 heavy (non-hydrogen) atoms. The number of carbonyl (C=O) groups excluding carboxylic acids is 5. The Morgan fingerprint density at radius 1 is 0.238 bits per heavy atom. The molecule has 15 aromatic rings. The van der Waals surface area contributed by atoms with Gasteiger partial charge >= 0.3 is 0 Å². The van der Waals surface area contributed by atoms with Crippen molar-refractivity contribution in [3.05, 3.63) is 439 Å². The van der Waals surface area contributed by atoms with E-state index in [2.05, 4.69) is 111 Å². The molecular weight excluding hydrogens is 1740 g/mol. The number of phenolic OH excluding ortho intramolecular Hbond substituents is 1. The molecule has 15 aromatic carbocycles. The highest BCUT2D eigenvalue weighted by Crippen LogP contribution is 2.54. The van der Waals surface area contributed by atoms with Gasteiger partial charge < -0.3 is 29.6 Å². The molecule has 5 heterocycles. The lowest BCUT2D eigenvalue weighted by Gasteiger charge is -2.34. The molecule has 0 bridgehead atoms. The van der Waals surface area contributed by atoms with Crippen LogP contribution in [0.4, 0.5) is 56.9 Å². The van der Waals surface area contributed by atoms with Gasteiger partial charge in [-0.15, -0.1) is 0 Å². The first-order chi connectivity index (χ1) is 61.2. The highest BCUT2D eigenvalue weighted by atomic mass is 35.5. The maximum Gasteiger partial charge on any atom is 0.205 e. The Hall–Kier alpha value is -11.6. The molecule has 1 N–H and O–H groups in total. The predicted molar refractivity (Wildman–Crippen MR) is 527 cm³/mol. The van der Waals surface area contributed by atoms with Crippen LogP contribution in [0.25, 0.3) is 0 Å². The van der Waals surface area contributed by atoms with Crippen molar-refractivity contribution in [1.29, 1.82) is 0 Å². The lowest BCUT2D eigenvalue weighted by atomic mass is 9.86. The lowest BCUT2D eigenvalue weighted by molar-refractivity contribution is -0.112. The Balaban J connectivity index is 0.000000116. The number of aromatic hydroxyl groups is 1. The third-order valence-corrected chi connectivity index (χ3v) is 28.9. The van der Waals surface area contributed by atoms with Gasteiger partial charge in [-0.05, 0) is 244 Å². The third-order valence-electron chi connectivity index (χ3n) is 22.8. The van der Waals surface area contributed by atoms with Crippen molar-refractivity contribution < 1.29 is 29.1 Å². The number of fused-ring (bicyclic) bond motifs is 10. The van der Waals surface area contributed by atoms with E-state index in [-0.39, 0.29) is 60.9 Å². The molecular formula is C106H83Cl4N5O6S5. The number of carbonyl (C=O) groups is 5. The van der Waals surface area contributed by atoms with E-state index in [0.29, 0.717) is 20.1 Å². The van der Waals surface area contributed by atoms with Crippen LogP contribution in [0.2, 0.25) is 20.1 Å². The first-order valence-corrected chi connectivity index (χ1v) is 46.2. The zero-order valence-electron chi connectivity index (χ0n) is 69.2. The van der Waals surface area contributed by atoms with Crippen molar-refractivity contribution in [3.63, 3.8) is 0 Å². The SMILES string of the molecule is CN1c2ccccc2C(C(=O)Sc2ccc(Cl)cc2)c2cc(Cl)ccc21.CN1c2ccccc2C(C(=O)Sc2ccc(O)cc2)c2ccccc21.CN1c2ccccc2C(C(=O)Sc2ccccc2)c2ccccc21.CN1c2ccccc2C(C(=O)Sc2ccccc2Cl)c2ccccc21.Cc1cc(Cl)ccc1SC(=O)C1c2ccccc2N(C)c2ccccc21. The second-order valence-corrected chi connectivity index (χ2v) is 37.4. The molecule has 20 rings (SSSR count). The number of para-hydroxylation sites is 9. The number of hydrogen-bond donors (Lipinski definition) is 1. The molecule has 0 spiro atoms. The number of rotatable bonds is 10. The second-order valence-electron chi connectivity index (χ2n) is 30.4. The second kappa shape index (κ2) is 39.5. The van der Waals surface area contributed by atoms with Crippen molar-refractivity contribution in [2.45, 2.75) is 61.0 Å². The van der Waals surface area contributed by atoms with Gasteiger partial charge in [0.1, 0.15) is 5.75 Å². The number of phenols is 1. The molecule has 5 aliphatic rings. The summed E-state index contributed by atoms with van der Waals surface area (Å²) in [7, 11) is 10.2. The maximum absolute atomic E-state index is 13.3. The smallest absolute Gasteiger partial charge is 0.205 e. The Labute approximate surface area is 775 Å². The molecule has 0 saturated heterocycles. The highest BCUT2D eigenvalue weighted by molar-refractivity contribution is 8.15. The summed E-state index contributed by atoms with van der Waals surface area (Å²) in [5.74, 6) is -1.28. The molecule has 5 aliphatic heterocycles. The normalized spacial score (nSPS) is 13.7. The molecule has 20 heteroatoms. The van der Waals surface area contributed by atoms with E-state index in [9.17, 15) is 29.1 Å². The molecule has 1 unspecified atom stereocenters. The summed E-state index contributed by atoms with van der Waals surface area (Å²) in [5, 5.41) is 12.5. The van der Waals surface area contributed by atoms with Crippen LogP contribution in [0, 0.1) is 6.92 Å². The van der Waals surface area contributed by atoms with Crippen molar-refractivity contribution in [3.8, 4) is 5.75 Å². The van der Waals surface area contributed by atoms with E-state index >= 15 is 0 Å². The van der Waals surface area contributed by atoms with Crippen LogP contribution in [0.5, 0.6) is 5.75 Å². The summed E-state index contributed by atoms with van der Waals surface area (Å²) in [5.41, 5.74) is 22.0. The van der Waals surface area contributed by atoms with Crippen molar-refractivity contribution in [1.82, 2.24) is 0 Å². The Kier molecular flexibility index (Phi) is 27.5. The van der Waals surface area contributed by atoms with Gasteiger partial charge in [-0.1, -0.05) is 288 Å². The molecule has 11 nitrogen and oxygen atoms in total. The van der Waals surface area contributed by atoms with Crippen LogP contribution in [0.3, 0.4) is 0 Å². The van der Waals surface area contributed by atoms with Crippen LogP contribution in [-0.2, 0) is 24.0 Å². The molecule has 0 fully saturated rings. The number of hydrogen-bond acceptors (Lipinski definition) is 16. The predicted octanol–water partition coefficient (Wildman–Crippen LogP) is 28.7. The van der Waals surface area contributed by atoms with E-state index < -0.39 is 0 Å². The maximum atomic E-state index is 13.3. The topological polar surface area (TPSA) is 122 Å². The molecule has 626 valence electrons. The van der Waals surface area contributed by atoms with Gasteiger partial charge in [-0.25, -0.2) is 0 Å². The fraction of sp³-hybridized carbons (Fsp3) is 0.104. The van der Waals surface area contributed by atoms with Gasteiger partial charge in [-0.2, -0.15) is 0 Å². The summed E-state index contributed by atoms with van der Waals surface area (Å²) in [4.78, 5) is 81.3. The van der Waals surface area contributed by atoms with E-state index in [4.69, 9.17) is 46.4 Å². The van der Waals surface area contributed by atoms with Crippen LogP contribution in [0.1, 0.15) is 90.8 Å². The van der Waals surface area contributed by atoms with Gasteiger partial charge in [-0.3, -0.25) is 24.0 Å². The number of anilines is 10. The number of thioether (sulfide) groups is 5. The first kappa shape index (κ1) is 87.8. The number of nitrogens with zero attached hydrogens (tertiary/aromatic N) is 5. The zero-order chi connectivity index (χ0) is 87.8. The fourth-order valence-electron chi connectivity index (χ4n) is 16.8. The van der Waals surface area contributed by atoms with E-state index in [0.717, 1.165) is 143 Å². The average molecular weight is 1830 g/mol. The molecule has 0 saturated carbocycles. The van der Waals surface area contributed by atoms with Crippen molar-refractivity contribution in [2.24, 2.45) is 0 Å². The summed E-state index contributed by atoms with van der Waals surface area (Å²) in [6, 6.07) is 116. The van der Waals surface area contributed by atoms with Crippen LogP contribution < -0.4 is 24.5 Å². The van der Waals surface area contributed by atoms with Crippen molar-refractivity contribution in [2.75, 3.05) is 59.7 Å². The summed E-state index contributed by atoms with van der Waals surface area (Å²) >= 11 is 30.8. The van der Waals surface area contributed by atoms with E-state index in [1.54, 1.807) is 36.4 Å². The van der Waals surface area contributed by atoms with Gasteiger partial charge in [0.05, 0.1) is 34.6 Å². The summed E-state index contributed by atoms with van der Waals surface area (Å²) < 4.78 is 0. The fourth-order valence-corrected chi connectivity index (χ4v) is 22.1. The quantitative estimate of drug-likeness (QED) is 0.131. The molecule has 0 aliphatic carbocycles. The molecule has 0 radical (unpaired) electrons. The monoisotopic (exact) mass is 1820 g/mol.